The fraction of sp³-hybridized carbons (Fsp3) is 0.444. The van der Waals surface area contributed by atoms with Crippen LogP contribution in [0.15, 0.2) is 18.3 Å². The molecule has 2 nitrogen and oxygen atoms in total. The van der Waals surface area contributed by atoms with Gasteiger partial charge < -0.3 is 5.32 Å². The van der Waals surface area contributed by atoms with E-state index < -0.39 is 0 Å². The Labute approximate surface area is 86.9 Å². The molecule has 0 radical (unpaired) electrons. The maximum Gasteiger partial charge on any atom is 0.0570 e. The molecular formula is C9H13IN2. The maximum atomic E-state index is 4.29. The molecule has 0 aliphatic heterocycles. The zero-order valence-electron chi connectivity index (χ0n) is 7.18. The molecule has 0 saturated carbocycles. The largest absolute Gasteiger partial charge is 0.310 e. The Bertz CT molecular complexity index is 238. The smallest absolute Gasteiger partial charge is 0.0570 e. The number of hydrogen-bond donors (Lipinski definition) is 1. The van der Waals surface area contributed by atoms with Crippen LogP contribution >= 0.6 is 22.6 Å². The lowest BCUT2D eigenvalue weighted by Gasteiger charge is -2.04. The van der Waals surface area contributed by atoms with Gasteiger partial charge in [-0.3, -0.25) is 4.98 Å². The molecule has 1 N–H and O–H groups in total. The van der Waals surface area contributed by atoms with Gasteiger partial charge in [-0.2, -0.15) is 0 Å². The number of alkyl halides is 1. The van der Waals surface area contributed by atoms with Crippen LogP contribution in [0.1, 0.15) is 11.3 Å². The molecule has 0 aliphatic rings. The molecular weight excluding hydrogens is 263 g/mol. The average molecular weight is 276 g/mol. The van der Waals surface area contributed by atoms with Crippen molar-refractivity contribution in [3.05, 3.63) is 29.6 Å². The number of aryl methyl sites for hydroxylation is 1. The highest BCUT2D eigenvalue weighted by molar-refractivity contribution is 14.1. The van der Waals surface area contributed by atoms with Crippen molar-refractivity contribution in [1.29, 1.82) is 0 Å². The fourth-order valence-electron chi connectivity index (χ4n) is 0.977. The Hall–Kier alpha value is -0.160. The summed E-state index contributed by atoms with van der Waals surface area (Å²) in [5.74, 6) is 0. The predicted molar refractivity (Wildman–Crippen MR) is 59.6 cm³/mol. The molecule has 0 fully saturated rings. The van der Waals surface area contributed by atoms with Crippen LogP contribution in [0, 0.1) is 6.92 Å². The summed E-state index contributed by atoms with van der Waals surface area (Å²) in [6.45, 7) is 4.03. The van der Waals surface area contributed by atoms with Crippen LogP contribution in [-0.2, 0) is 6.54 Å². The molecule has 0 aliphatic carbocycles. The number of nitrogens with zero attached hydrogens (tertiary/aromatic N) is 1. The van der Waals surface area contributed by atoms with E-state index in [4.69, 9.17) is 0 Å². The summed E-state index contributed by atoms with van der Waals surface area (Å²) in [5.41, 5.74) is 2.42. The SMILES string of the molecule is Cc1cccnc1CNCCI. The molecule has 66 valence electrons. The third-order valence-corrected chi connectivity index (χ3v) is 2.22. The molecule has 1 rings (SSSR count). The van der Waals surface area contributed by atoms with Crippen molar-refractivity contribution >= 4 is 22.6 Å². The first-order chi connectivity index (χ1) is 5.84. The van der Waals surface area contributed by atoms with Gasteiger partial charge >= 0.3 is 0 Å². The number of rotatable bonds is 4. The molecule has 0 unspecified atom stereocenters. The van der Waals surface area contributed by atoms with Gasteiger partial charge in [0.15, 0.2) is 0 Å². The van der Waals surface area contributed by atoms with E-state index in [2.05, 4.69) is 45.9 Å². The summed E-state index contributed by atoms with van der Waals surface area (Å²) in [7, 11) is 0. The lowest BCUT2D eigenvalue weighted by Crippen LogP contribution is -2.16. The van der Waals surface area contributed by atoms with Crippen LogP contribution in [0.25, 0.3) is 0 Å². The van der Waals surface area contributed by atoms with Gasteiger partial charge in [0, 0.05) is 23.7 Å². The van der Waals surface area contributed by atoms with E-state index >= 15 is 0 Å². The van der Waals surface area contributed by atoms with Crippen molar-refractivity contribution in [3.63, 3.8) is 0 Å². The standard InChI is InChI=1S/C9H13IN2/c1-8-3-2-5-12-9(8)7-11-6-4-10/h2-3,5,11H,4,6-7H2,1H3. The second-order valence-corrected chi connectivity index (χ2v) is 3.71. The minimum atomic E-state index is 0.885. The number of aromatic nitrogens is 1. The van der Waals surface area contributed by atoms with Gasteiger partial charge in [0.2, 0.25) is 0 Å². The summed E-state index contributed by atoms with van der Waals surface area (Å²) in [5, 5.41) is 3.32. The summed E-state index contributed by atoms with van der Waals surface area (Å²) in [4.78, 5) is 4.29. The summed E-state index contributed by atoms with van der Waals surface area (Å²) in [6, 6.07) is 4.06. The van der Waals surface area contributed by atoms with Crippen molar-refractivity contribution in [2.75, 3.05) is 11.0 Å². The monoisotopic (exact) mass is 276 g/mol. The Kier molecular flexibility index (Phi) is 4.53. The molecule has 0 bridgehead atoms. The number of nitrogens with one attached hydrogen (secondary N) is 1. The molecule has 0 spiro atoms. The third kappa shape index (κ3) is 3.06. The van der Waals surface area contributed by atoms with Gasteiger partial charge in [-0.05, 0) is 18.6 Å². The van der Waals surface area contributed by atoms with E-state index in [0.29, 0.717) is 0 Å². The number of hydrogen-bond acceptors (Lipinski definition) is 2. The maximum absolute atomic E-state index is 4.29. The summed E-state index contributed by atoms with van der Waals surface area (Å²) in [6.07, 6.45) is 1.84. The number of halogens is 1. The quantitative estimate of drug-likeness (QED) is 0.516. The van der Waals surface area contributed by atoms with Gasteiger partial charge in [0.1, 0.15) is 0 Å². The fourth-order valence-corrected chi connectivity index (χ4v) is 1.36. The summed E-state index contributed by atoms with van der Waals surface area (Å²) >= 11 is 2.36. The predicted octanol–water partition coefficient (Wildman–Crippen LogP) is 1.91. The van der Waals surface area contributed by atoms with E-state index in [9.17, 15) is 0 Å². The molecule has 0 amide bonds. The zero-order chi connectivity index (χ0) is 8.81. The third-order valence-electron chi connectivity index (χ3n) is 1.68. The van der Waals surface area contributed by atoms with Crippen LogP contribution in [0.3, 0.4) is 0 Å². The highest BCUT2D eigenvalue weighted by atomic mass is 127. The number of pyridine rings is 1. The van der Waals surface area contributed by atoms with Crippen LogP contribution < -0.4 is 5.32 Å². The van der Waals surface area contributed by atoms with Crippen molar-refractivity contribution in [3.8, 4) is 0 Å². The minimum Gasteiger partial charge on any atom is -0.310 e. The molecule has 1 aromatic rings. The average Bonchev–Trinajstić information content (AvgIpc) is 2.09. The first kappa shape index (κ1) is 9.92. The van der Waals surface area contributed by atoms with E-state index in [-0.39, 0.29) is 0 Å². The lowest BCUT2D eigenvalue weighted by atomic mass is 10.2. The van der Waals surface area contributed by atoms with Gasteiger partial charge in [-0.15, -0.1) is 0 Å². The molecule has 12 heavy (non-hydrogen) atoms. The second-order valence-electron chi connectivity index (χ2n) is 2.63. The van der Waals surface area contributed by atoms with Gasteiger partial charge in [-0.25, -0.2) is 0 Å². The molecule has 3 heteroatoms. The topological polar surface area (TPSA) is 24.9 Å². The molecule has 0 saturated heterocycles. The van der Waals surface area contributed by atoms with Gasteiger partial charge in [0.05, 0.1) is 5.69 Å². The Morgan fingerprint density at radius 2 is 2.42 bits per heavy atom. The first-order valence-corrected chi connectivity index (χ1v) is 5.54. The highest BCUT2D eigenvalue weighted by Gasteiger charge is 1.96. The Balaban J connectivity index is 2.46. The van der Waals surface area contributed by atoms with Crippen LogP contribution in [-0.4, -0.2) is 16.0 Å². The molecule has 1 aromatic heterocycles. The minimum absolute atomic E-state index is 0.885. The normalized spacial score (nSPS) is 10.2. The highest BCUT2D eigenvalue weighted by Crippen LogP contribution is 2.01. The van der Waals surface area contributed by atoms with Crippen LogP contribution in [0.2, 0.25) is 0 Å². The van der Waals surface area contributed by atoms with E-state index in [1.807, 2.05) is 12.3 Å². The first-order valence-electron chi connectivity index (χ1n) is 4.02. The van der Waals surface area contributed by atoms with Crippen LogP contribution in [0.5, 0.6) is 0 Å². The lowest BCUT2D eigenvalue weighted by molar-refractivity contribution is 0.715. The van der Waals surface area contributed by atoms with E-state index in [1.165, 1.54) is 5.56 Å². The van der Waals surface area contributed by atoms with Gasteiger partial charge in [0.25, 0.3) is 0 Å². The summed E-state index contributed by atoms with van der Waals surface area (Å²) < 4.78 is 1.14. The van der Waals surface area contributed by atoms with E-state index in [1.54, 1.807) is 0 Å². The van der Waals surface area contributed by atoms with Gasteiger partial charge in [-0.1, -0.05) is 28.7 Å². The van der Waals surface area contributed by atoms with Crippen molar-refractivity contribution < 1.29 is 0 Å². The molecule has 0 aromatic carbocycles. The Morgan fingerprint density at radius 3 is 3.08 bits per heavy atom. The van der Waals surface area contributed by atoms with Crippen molar-refractivity contribution in [2.24, 2.45) is 0 Å². The zero-order valence-corrected chi connectivity index (χ0v) is 9.34. The van der Waals surface area contributed by atoms with Crippen molar-refractivity contribution in [2.45, 2.75) is 13.5 Å². The van der Waals surface area contributed by atoms with Crippen LogP contribution in [0.4, 0.5) is 0 Å². The second kappa shape index (κ2) is 5.48. The molecule has 0 atom stereocenters. The van der Waals surface area contributed by atoms with Crippen molar-refractivity contribution in [1.82, 2.24) is 10.3 Å². The van der Waals surface area contributed by atoms with E-state index in [0.717, 1.165) is 23.2 Å². The Morgan fingerprint density at radius 1 is 1.58 bits per heavy atom. The molecule has 1 heterocycles.